The standard InChI is InChI=1S/C16H13F2N5O4/c1-23-12-9(6-19-23)13(24)21-16(20-12)22-14(25)11-4-7-2-3-8(26-15(17)18)5-10(7)27-11/h2-3,5-6,11,15H,4H2,1H3,(H2,20,21,22,24,25). The minimum atomic E-state index is -2.95. The Balaban J connectivity index is 1.51. The van der Waals surface area contributed by atoms with E-state index in [0.717, 1.165) is 0 Å². The van der Waals surface area contributed by atoms with Crippen molar-refractivity contribution in [2.24, 2.45) is 7.05 Å². The van der Waals surface area contributed by atoms with Gasteiger partial charge >= 0.3 is 6.61 Å². The molecule has 1 aliphatic heterocycles. The summed E-state index contributed by atoms with van der Waals surface area (Å²) in [5.41, 5.74) is 0.562. The van der Waals surface area contributed by atoms with Crippen molar-refractivity contribution in [3.8, 4) is 11.5 Å². The van der Waals surface area contributed by atoms with Crippen LogP contribution in [0.1, 0.15) is 5.56 Å². The number of nitrogens with one attached hydrogen (secondary N) is 2. The predicted molar refractivity (Wildman–Crippen MR) is 89.0 cm³/mol. The molecule has 3 heterocycles. The number of halogens is 2. The van der Waals surface area contributed by atoms with Gasteiger partial charge in [-0.1, -0.05) is 6.07 Å². The van der Waals surface area contributed by atoms with Crippen LogP contribution in [0.4, 0.5) is 14.7 Å². The second-order valence-electron chi connectivity index (χ2n) is 5.87. The van der Waals surface area contributed by atoms with Gasteiger partial charge < -0.3 is 9.47 Å². The highest BCUT2D eigenvalue weighted by Crippen LogP contribution is 2.33. The Morgan fingerprint density at radius 1 is 1.48 bits per heavy atom. The number of aryl methyl sites for hydroxylation is 1. The van der Waals surface area contributed by atoms with Crippen molar-refractivity contribution < 1.29 is 23.0 Å². The van der Waals surface area contributed by atoms with E-state index < -0.39 is 24.2 Å². The molecule has 4 rings (SSSR count). The van der Waals surface area contributed by atoms with Crippen molar-refractivity contribution in [3.05, 3.63) is 40.3 Å². The van der Waals surface area contributed by atoms with Crippen LogP contribution in [0.3, 0.4) is 0 Å². The number of H-pyrrole nitrogens is 1. The number of benzene rings is 1. The molecule has 3 aromatic rings. The smallest absolute Gasteiger partial charge is 0.387 e. The highest BCUT2D eigenvalue weighted by Gasteiger charge is 2.30. The first-order valence-corrected chi connectivity index (χ1v) is 7.88. The minimum Gasteiger partial charge on any atom is -0.480 e. The van der Waals surface area contributed by atoms with Crippen molar-refractivity contribution in [2.45, 2.75) is 19.1 Å². The van der Waals surface area contributed by atoms with E-state index in [1.807, 2.05) is 0 Å². The van der Waals surface area contributed by atoms with Gasteiger partial charge in [-0.25, -0.2) is 0 Å². The fourth-order valence-electron chi connectivity index (χ4n) is 2.82. The van der Waals surface area contributed by atoms with Gasteiger partial charge in [0.05, 0.1) is 6.20 Å². The van der Waals surface area contributed by atoms with Gasteiger partial charge in [0.2, 0.25) is 5.95 Å². The molecule has 0 bridgehead atoms. The maximum Gasteiger partial charge on any atom is 0.387 e. The lowest BCUT2D eigenvalue weighted by Crippen LogP contribution is -2.32. The van der Waals surface area contributed by atoms with Gasteiger partial charge in [-0.15, -0.1) is 0 Å². The Bertz CT molecular complexity index is 1090. The summed E-state index contributed by atoms with van der Waals surface area (Å²) in [5.74, 6) is -0.344. The second kappa shape index (κ2) is 6.34. The molecular weight excluding hydrogens is 364 g/mol. The number of carbonyl (C=O) groups excluding carboxylic acids is 1. The molecule has 1 unspecified atom stereocenters. The largest absolute Gasteiger partial charge is 0.480 e. The van der Waals surface area contributed by atoms with Crippen LogP contribution >= 0.6 is 0 Å². The van der Waals surface area contributed by atoms with E-state index in [9.17, 15) is 18.4 Å². The van der Waals surface area contributed by atoms with Crippen LogP contribution in [0.5, 0.6) is 11.5 Å². The number of fused-ring (bicyclic) bond motifs is 2. The lowest BCUT2D eigenvalue weighted by Gasteiger charge is -2.11. The van der Waals surface area contributed by atoms with Gasteiger partial charge in [-0.2, -0.15) is 18.9 Å². The maximum atomic E-state index is 12.4. The van der Waals surface area contributed by atoms with E-state index in [1.54, 1.807) is 13.1 Å². The molecule has 0 aliphatic carbocycles. The molecule has 1 amide bonds. The molecular formula is C16H13F2N5O4. The Labute approximate surface area is 149 Å². The van der Waals surface area contributed by atoms with Gasteiger partial charge in [-0.05, 0) is 11.6 Å². The van der Waals surface area contributed by atoms with Crippen LogP contribution < -0.4 is 20.3 Å². The summed E-state index contributed by atoms with van der Waals surface area (Å²) in [4.78, 5) is 31.1. The van der Waals surface area contributed by atoms with Gasteiger partial charge in [-0.3, -0.25) is 24.6 Å². The first-order valence-electron chi connectivity index (χ1n) is 7.88. The fraction of sp³-hybridized carbons (Fsp3) is 0.250. The Morgan fingerprint density at radius 3 is 3.07 bits per heavy atom. The first kappa shape index (κ1) is 16.9. The topological polar surface area (TPSA) is 111 Å². The minimum absolute atomic E-state index is 0.0395. The summed E-state index contributed by atoms with van der Waals surface area (Å²) in [7, 11) is 1.62. The highest BCUT2D eigenvalue weighted by molar-refractivity contribution is 5.94. The number of aromatic nitrogens is 4. The highest BCUT2D eigenvalue weighted by atomic mass is 19.3. The van der Waals surface area contributed by atoms with E-state index in [2.05, 4.69) is 25.1 Å². The molecule has 27 heavy (non-hydrogen) atoms. The molecule has 0 spiro atoms. The van der Waals surface area contributed by atoms with Crippen LogP contribution in [0.2, 0.25) is 0 Å². The van der Waals surface area contributed by atoms with E-state index >= 15 is 0 Å². The number of anilines is 1. The zero-order valence-electron chi connectivity index (χ0n) is 13.9. The molecule has 140 valence electrons. The summed E-state index contributed by atoms with van der Waals surface area (Å²) >= 11 is 0. The summed E-state index contributed by atoms with van der Waals surface area (Å²) in [6.45, 7) is -2.95. The third kappa shape index (κ3) is 3.18. The fourth-order valence-corrected chi connectivity index (χ4v) is 2.82. The van der Waals surface area contributed by atoms with Gasteiger partial charge in [0.25, 0.3) is 11.5 Å². The predicted octanol–water partition coefficient (Wildman–Crippen LogP) is 1.20. The summed E-state index contributed by atoms with van der Waals surface area (Å²) in [5, 5.41) is 6.73. The van der Waals surface area contributed by atoms with Gasteiger partial charge in [0, 0.05) is 19.5 Å². The van der Waals surface area contributed by atoms with Crippen LogP contribution in [-0.4, -0.2) is 38.4 Å². The Hall–Kier alpha value is -3.50. The third-order valence-electron chi connectivity index (χ3n) is 4.07. The molecule has 9 nitrogen and oxygen atoms in total. The Kier molecular flexibility index (Phi) is 3.98. The van der Waals surface area contributed by atoms with E-state index in [0.29, 0.717) is 16.6 Å². The summed E-state index contributed by atoms with van der Waals surface area (Å²) in [6, 6.07) is 4.24. The number of rotatable bonds is 4. The molecule has 1 aliphatic rings. The number of ether oxygens (including phenoxy) is 2. The average Bonchev–Trinajstić information content (AvgIpc) is 3.18. The van der Waals surface area contributed by atoms with Crippen molar-refractivity contribution in [1.82, 2.24) is 19.7 Å². The quantitative estimate of drug-likeness (QED) is 0.707. The van der Waals surface area contributed by atoms with E-state index in [1.165, 1.54) is 23.0 Å². The van der Waals surface area contributed by atoms with Crippen LogP contribution in [0.15, 0.2) is 29.2 Å². The average molecular weight is 377 g/mol. The number of hydrogen-bond acceptors (Lipinski definition) is 6. The summed E-state index contributed by atoms with van der Waals surface area (Å²) < 4.78 is 35.8. The normalized spacial score (nSPS) is 15.6. The lowest BCUT2D eigenvalue weighted by atomic mass is 10.1. The molecule has 0 saturated carbocycles. The first-order chi connectivity index (χ1) is 12.9. The molecule has 0 radical (unpaired) electrons. The summed E-state index contributed by atoms with van der Waals surface area (Å²) in [6.07, 6.45) is 0.728. The number of hydrogen-bond donors (Lipinski definition) is 2. The molecule has 1 atom stereocenters. The number of aromatic amines is 1. The lowest BCUT2D eigenvalue weighted by molar-refractivity contribution is -0.122. The third-order valence-corrected chi connectivity index (χ3v) is 4.07. The maximum absolute atomic E-state index is 12.4. The van der Waals surface area contributed by atoms with Crippen LogP contribution in [-0.2, 0) is 18.3 Å². The molecule has 2 aromatic heterocycles. The molecule has 0 fully saturated rings. The van der Waals surface area contributed by atoms with E-state index in [4.69, 9.17) is 4.74 Å². The van der Waals surface area contributed by atoms with E-state index in [-0.39, 0.29) is 23.9 Å². The number of nitrogens with zero attached hydrogens (tertiary/aromatic N) is 3. The monoisotopic (exact) mass is 377 g/mol. The number of alkyl halides is 2. The van der Waals surface area contributed by atoms with Crippen LogP contribution in [0, 0.1) is 0 Å². The zero-order valence-corrected chi connectivity index (χ0v) is 13.9. The van der Waals surface area contributed by atoms with Gasteiger partial charge in [0.15, 0.2) is 11.8 Å². The zero-order chi connectivity index (χ0) is 19.1. The Morgan fingerprint density at radius 2 is 2.30 bits per heavy atom. The SMILES string of the molecule is Cn1ncc2c(=O)[nH]c(NC(=O)C3Cc4ccc(OC(F)F)cc4O3)nc21. The van der Waals surface area contributed by atoms with Crippen molar-refractivity contribution in [3.63, 3.8) is 0 Å². The molecule has 2 N–H and O–H groups in total. The van der Waals surface area contributed by atoms with Crippen molar-refractivity contribution in [2.75, 3.05) is 5.32 Å². The molecule has 0 saturated heterocycles. The second-order valence-corrected chi connectivity index (χ2v) is 5.87. The number of amides is 1. The van der Waals surface area contributed by atoms with Crippen LogP contribution in [0.25, 0.3) is 11.0 Å². The van der Waals surface area contributed by atoms with Gasteiger partial charge in [0.1, 0.15) is 16.9 Å². The number of carbonyl (C=O) groups is 1. The molecule has 1 aromatic carbocycles. The van der Waals surface area contributed by atoms with Crippen molar-refractivity contribution in [1.29, 1.82) is 0 Å². The molecule has 11 heteroatoms. The van der Waals surface area contributed by atoms with Crippen molar-refractivity contribution >= 4 is 22.9 Å².